The molecule has 0 spiro atoms. The molecule has 0 atom stereocenters. The lowest BCUT2D eigenvalue weighted by Crippen LogP contribution is -2.11. The number of methoxy groups -OCH3 is 2. The Balaban J connectivity index is 1.97. The van der Waals surface area contributed by atoms with E-state index in [4.69, 9.17) is 14.5 Å². The van der Waals surface area contributed by atoms with Gasteiger partial charge < -0.3 is 9.47 Å². The number of rotatable bonds is 3. The Morgan fingerprint density at radius 2 is 1.57 bits per heavy atom. The summed E-state index contributed by atoms with van der Waals surface area (Å²) in [5, 5.41) is 0. The average molecular weight is 281 g/mol. The third-order valence-corrected chi connectivity index (χ3v) is 3.82. The van der Waals surface area contributed by atoms with Gasteiger partial charge in [0, 0.05) is 11.3 Å². The Morgan fingerprint density at radius 3 is 2.29 bits per heavy atom. The van der Waals surface area contributed by atoms with E-state index in [1.165, 1.54) is 11.1 Å². The number of nitrogens with zero attached hydrogens (tertiary/aromatic N) is 1. The van der Waals surface area contributed by atoms with Crippen LogP contribution < -0.4 is 9.47 Å². The van der Waals surface area contributed by atoms with Crippen molar-refractivity contribution >= 4 is 11.4 Å². The van der Waals surface area contributed by atoms with Crippen LogP contribution in [0.5, 0.6) is 11.5 Å². The number of hydrogen-bond donors (Lipinski definition) is 0. The molecule has 108 valence electrons. The minimum Gasteiger partial charge on any atom is -0.497 e. The zero-order valence-electron chi connectivity index (χ0n) is 12.4. The number of aryl methyl sites for hydroxylation is 1. The van der Waals surface area contributed by atoms with Gasteiger partial charge in [-0.15, -0.1) is 0 Å². The second kappa shape index (κ2) is 6.00. The van der Waals surface area contributed by atoms with E-state index in [-0.39, 0.29) is 0 Å². The van der Waals surface area contributed by atoms with Gasteiger partial charge in [0.1, 0.15) is 11.5 Å². The molecule has 0 unspecified atom stereocenters. The topological polar surface area (TPSA) is 30.8 Å². The van der Waals surface area contributed by atoms with E-state index in [1.54, 1.807) is 14.2 Å². The van der Waals surface area contributed by atoms with Crippen molar-refractivity contribution in [1.29, 1.82) is 0 Å². The number of benzene rings is 2. The first-order chi connectivity index (χ1) is 10.3. The first-order valence-electron chi connectivity index (χ1n) is 7.19. The van der Waals surface area contributed by atoms with E-state index >= 15 is 0 Å². The number of hydrogen-bond acceptors (Lipinski definition) is 3. The fourth-order valence-electron chi connectivity index (χ4n) is 2.68. The van der Waals surface area contributed by atoms with E-state index in [0.717, 1.165) is 42.2 Å². The lowest BCUT2D eigenvalue weighted by Gasteiger charge is -2.18. The van der Waals surface area contributed by atoms with Crippen molar-refractivity contribution in [3.05, 3.63) is 53.6 Å². The van der Waals surface area contributed by atoms with Gasteiger partial charge in [0.25, 0.3) is 0 Å². The monoisotopic (exact) mass is 281 g/mol. The Labute approximate surface area is 125 Å². The normalized spacial score (nSPS) is 15.6. The maximum absolute atomic E-state index is 5.34. The lowest BCUT2D eigenvalue weighted by molar-refractivity contribution is 0.414. The Bertz CT molecular complexity index is 659. The molecule has 0 N–H and O–H groups in total. The minimum absolute atomic E-state index is 0.852. The highest BCUT2D eigenvalue weighted by Gasteiger charge is 2.16. The van der Waals surface area contributed by atoms with Crippen LogP contribution in [0.25, 0.3) is 0 Å². The number of ether oxygens (including phenoxy) is 2. The van der Waals surface area contributed by atoms with Gasteiger partial charge in [-0.05, 0) is 61.2 Å². The van der Waals surface area contributed by atoms with E-state index in [9.17, 15) is 0 Å². The van der Waals surface area contributed by atoms with Crippen LogP contribution >= 0.6 is 0 Å². The van der Waals surface area contributed by atoms with Gasteiger partial charge in [0.05, 0.1) is 19.9 Å². The molecular weight excluding hydrogens is 262 g/mol. The summed E-state index contributed by atoms with van der Waals surface area (Å²) in [5.74, 6) is 1.74. The van der Waals surface area contributed by atoms with Crippen LogP contribution in [0.4, 0.5) is 5.69 Å². The van der Waals surface area contributed by atoms with E-state index in [0.29, 0.717) is 0 Å². The Morgan fingerprint density at radius 1 is 0.857 bits per heavy atom. The van der Waals surface area contributed by atoms with Crippen LogP contribution in [0.2, 0.25) is 0 Å². The molecule has 21 heavy (non-hydrogen) atoms. The third-order valence-electron chi connectivity index (χ3n) is 3.82. The molecule has 1 aliphatic carbocycles. The summed E-state index contributed by atoms with van der Waals surface area (Å²) in [6.45, 7) is 0. The minimum atomic E-state index is 0.852. The molecule has 3 rings (SSSR count). The van der Waals surface area contributed by atoms with Gasteiger partial charge >= 0.3 is 0 Å². The number of fused-ring (bicyclic) bond motifs is 1. The van der Waals surface area contributed by atoms with Crippen molar-refractivity contribution in [3.8, 4) is 11.5 Å². The predicted molar refractivity (Wildman–Crippen MR) is 85.1 cm³/mol. The largest absolute Gasteiger partial charge is 0.497 e. The summed E-state index contributed by atoms with van der Waals surface area (Å²) in [4.78, 5) is 4.82. The van der Waals surface area contributed by atoms with Crippen LogP contribution in [0.15, 0.2) is 47.5 Å². The van der Waals surface area contributed by atoms with Crippen LogP contribution in [0.1, 0.15) is 24.0 Å². The summed E-state index contributed by atoms with van der Waals surface area (Å²) in [6.07, 6.45) is 3.27. The van der Waals surface area contributed by atoms with Crippen LogP contribution in [-0.4, -0.2) is 19.9 Å². The smallest absolute Gasteiger partial charge is 0.119 e. The molecule has 0 amide bonds. The molecule has 0 saturated heterocycles. The first kappa shape index (κ1) is 13.7. The Kier molecular flexibility index (Phi) is 3.91. The molecule has 2 aromatic rings. The summed E-state index contributed by atoms with van der Waals surface area (Å²) in [5.41, 5.74) is 4.67. The second-order valence-electron chi connectivity index (χ2n) is 5.13. The van der Waals surface area contributed by atoms with Gasteiger partial charge in [-0.3, -0.25) is 4.99 Å². The molecular formula is C18H19NO2. The zero-order chi connectivity index (χ0) is 14.7. The fourth-order valence-corrected chi connectivity index (χ4v) is 2.68. The zero-order valence-corrected chi connectivity index (χ0v) is 12.4. The predicted octanol–water partition coefficient (Wildman–Crippen LogP) is 4.16. The maximum atomic E-state index is 5.34. The molecule has 0 fully saturated rings. The molecule has 0 heterocycles. The molecule has 0 bridgehead atoms. The average Bonchev–Trinajstić information content (AvgIpc) is 2.55. The van der Waals surface area contributed by atoms with Gasteiger partial charge in [-0.25, -0.2) is 0 Å². The van der Waals surface area contributed by atoms with Gasteiger partial charge in [0.2, 0.25) is 0 Å². The molecule has 2 aromatic carbocycles. The fraction of sp³-hybridized carbons (Fsp3) is 0.278. The Hall–Kier alpha value is -2.29. The summed E-state index contributed by atoms with van der Waals surface area (Å²) in [7, 11) is 3.37. The van der Waals surface area contributed by atoms with Crippen molar-refractivity contribution in [2.75, 3.05) is 14.2 Å². The maximum Gasteiger partial charge on any atom is 0.119 e. The summed E-state index contributed by atoms with van der Waals surface area (Å²) < 4.78 is 10.5. The highest BCUT2D eigenvalue weighted by atomic mass is 16.5. The summed E-state index contributed by atoms with van der Waals surface area (Å²) >= 11 is 0. The van der Waals surface area contributed by atoms with Crippen molar-refractivity contribution in [2.45, 2.75) is 19.3 Å². The number of aliphatic imine (C=N–C) groups is 1. The van der Waals surface area contributed by atoms with Crippen LogP contribution in [0.3, 0.4) is 0 Å². The van der Waals surface area contributed by atoms with Crippen LogP contribution in [0, 0.1) is 0 Å². The van der Waals surface area contributed by atoms with Crippen LogP contribution in [-0.2, 0) is 6.42 Å². The molecule has 0 aromatic heterocycles. The van der Waals surface area contributed by atoms with Crippen molar-refractivity contribution in [2.24, 2.45) is 4.99 Å². The standard InChI is InChI=1S/C18H19NO2/c1-20-15-10-7-14(8-11-15)19-18-5-3-4-13-6-9-16(21-2)12-17(13)18/h6-12H,3-5H2,1-2H3. The van der Waals surface area contributed by atoms with E-state index in [1.807, 2.05) is 30.3 Å². The molecule has 0 aliphatic heterocycles. The molecule has 0 radical (unpaired) electrons. The van der Waals surface area contributed by atoms with E-state index in [2.05, 4.69) is 12.1 Å². The van der Waals surface area contributed by atoms with Crippen molar-refractivity contribution < 1.29 is 9.47 Å². The molecule has 3 nitrogen and oxygen atoms in total. The second-order valence-corrected chi connectivity index (χ2v) is 5.13. The van der Waals surface area contributed by atoms with Crippen molar-refractivity contribution in [1.82, 2.24) is 0 Å². The van der Waals surface area contributed by atoms with Gasteiger partial charge in [-0.2, -0.15) is 0 Å². The van der Waals surface area contributed by atoms with Gasteiger partial charge in [-0.1, -0.05) is 6.07 Å². The van der Waals surface area contributed by atoms with Crippen molar-refractivity contribution in [3.63, 3.8) is 0 Å². The quantitative estimate of drug-likeness (QED) is 0.845. The lowest BCUT2D eigenvalue weighted by atomic mass is 9.90. The third kappa shape index (κ3) is 2.92. The highest BCUT2D eigenvalue weighted by Crippen LogP contribution is 2.28. The molecule has 0 saturated carbocycles. The SMILES string of the molecule is COc1ccc(N=C2CCCc3ccc(OC)cc32)cc1. The molecule has 3 heteroatoms. The highest BCUT2D eigenvalue weighted by molar-refractivity contribution is 6.04. The first-order valence-corrected chi connectivity index (χ1v) is 7.19. The summed E-state index contributed by atoms with van der Waals surface area (Å²) in [6, 6.07) is 14.1. The molecule has 1 aliphatic rings. The van der Waals surface area contributed by atoms with E-state index < -0.39 is 0 Å². The van der Waals surface area contributed by atoms with Gasteiger partial charge in [0.15, 0.2) is 0 Å².